The molecule has 0 unspecified atom stereocenters. The van der Waals surface area contributed by atoms with Crippen molar-refractivity contribution in [3.63, 3.8) is 0 Å². The van der Waals surface area contributed by atoms with E-state index >= 15 is 0 Å². The summed E-state index contributed by atoms with van der Waals surface area (Å²) in [4.78, 5) is 14.4. The third-order valence-corrected chi connectivity index (χ3v) is 4.74. The third-order valence-electron chi connectivity index (χ3n) is 4.45. The van der Waals surface area contributed by atoms with Crippen LogP contribution in [0.1, 0.15) is 12.6 Å². The second-order valence-electron chi connectivity index (χ2n) is 7.24. The minimum atomic E-state index is -0.561. The van der Waals surface area contributed by atoms with Crippen molar-refractivity contribution in [2.45, 2.75) is 6.92 Å². The number of aromatic nitrogens is 2. The van der Waals surface area contributed by atoms with E-state index in [4.69, 9.17) is 16.3 Å². The monoisotopic (exact) mass is 468 g/mol. The number of anilines is 3. The van der Waals surface area contributed by atoms with Crippen LogP contribution in [-0.2, 0) is 4.79 Å². The average molecular weight is 469 g/mol. The molecule has 33 heavy (non-hydrogen) atoms. The molecule has 3 aromatic rings. The van der Waals surface area contributed by atoms with Crippen LogP contribution in [0.3, 0.4) is 0 Å². The van der Waals surface area contributed by atoms with Gasteiger partial charge in [-0.15, -0.1) is 10.2 Å². The van der Waals surface area contributed by atoms with Crippen LogP contribution in [0.4, 0.5) is 21.5 Å². The third kappa shape index (κ3) is 5.94. The number of benzene rings is 2. The van der Waals surface area contributed by atoms with E-state index in [9.17, 15) is 14.4 Å². The predicted octanol–water partition coefficient (Wildman–Crippen LogP) is 4.49. The van der Waals surface area contributed by atoms with Crippen LogP contribution >= 0.6 is 11.6 Å². The number of hydrogen-bond donors (Lipinski definition) is 2. The molecule has 1 aromatic heterocycles. The van der Waals surface area contributed by atoms with Crippen molar-refractivity contribution in [3.8, 4) is 11.8 Å². The van der Waals surface area contributed by atoms with E-state index in [-0.39, 0.29) is 16.6 Å². The fraction of sp³-hybridized carbons (Fsp3) is 0.217. The van der Waals surface area contributed by atoms with E-state index in [0.717, 1.165) is 0 Å². The van der Waals surface area contributed by atoms with Gasteiger partial charge in [-0.2, -0.15) is 5.26 Å². The Kier molecular flexibility index (Phi) is 7.77. The Morgan fingerprint density at radius 1 is 1.30 bits per heavy atom. The minimum absolute atomic E-state index is 0.0234. The molecular weight excluding hydrogens is 447 g/mol. The first-order chi connectivity index (χ1) is 15.8. The zero-order valence-corrected chi connectivity index (χ0v) is 19.1. The van der Waals surface area contributed by atoms with Gasteiger partial charge in [-0.25, -0.2) is 4.39 Å². The van der Waals surface area contributed by atoms with E-state index in [1.165, 1.54) is 24.3 Å². The van der Waals surface area contributed by atoms with Crippen molar-refractivity contribution < 1.29 is 13.9 Å². The summed E-state index contributed by atoms with van der Waals surface area (Å²) in [6.07, 6.45) is 3.17. The Bertz CT molecular complexity index is 1260. The topological polar surface area (TPSA) is 103 Å². The molecule has 0 aliphatic carbocycles. The first kappa shape index (κ1) is 23.9. The zero-order chi connectivity index (χ0) is 24.0. The number of nitriles is 1. The molecule has 0 fully saturated rings. The molecular formula is C23H22ClFN6O2. The number of nitrogens with zero attached hydrogens (tertiary/aromatic N) is 4. The van der Waals surface area contributed by atoms with Crippen LogP contribution in [0.25, 0.3) is 10.9 Å². The minimum Gasteiger partial charge on any atom is -0.492 e. The van der Waals surface area contributed by atoms with Gasteiger partial charge in [0.15, 0.2) is 5.69 Å². The number of carbonyl (C=O) groups excluding carboxylic acids is 1. The van der Waals surface area contributed by atoms with Gasteiger partial charge < -0.3 is 20.3 Å². The summed E-state index contributed by atoms with van der Waals surface area (Å²) in [5.41, 5.74) is 1.66. The van der Waals surface area contributed by atoms with E-state index in [2.05, 4.69) is 20.8 Å². The highest BCUT2D eigenvalue weighted by Crippen LogP contribution is 2.35. The Morgan fingerprint density at radius 3 is 2.76 bits per heavy atom. The molecule has 1 amide bonds. The maximum atomic E-state index is 13.6. The van der Waals surface area contributed by atoms with Crippen LogP contribution in [0, 0.1) is 17.1 Å². The Hall–Kier alpha value is -3.74. The molecule has 0 saturated heterocycles. The lowest BCUT2D eigenvalue weighted by atomic mass is 10.1. The zero-order valence-electron chi connectivity index (χ0n) is 18.3. The van der Waals surface area contributed by atoms with Gasteiger partial charge in [0, 0.05) is 29.8 Å². The highest BCUT2D eigenvalue weighted by atomic mass is 35.5. The second-order valence-corrected chi connectivity index (χ2v) is 7.65. The second kappa shape index (κ2) is 10.7. The number of amides is 1. The first-order valence-corrected chi connectivity index (χ1v) is 10.4. The quantitative estimate of drug-likeness (QED) is 0.469. The number of halogens is 2. The van der Waals surface area contributed by atoms with E-state index in [1.807, 2.05) is 32.0 Å². The molecule has 0 bridgehead atoms. The van der Waals surface area contributed by atoms with Crippen LogP contribution in [-0.4, -0.2) is 48.3 Å². The van der Waals surface area contributed by atoms with Gasteiger partial charge in [-0.3, -0.25) is 4.79 Å². The molecule has 2 aromatic carbocycles. The molecule has 3 rings (SSSR count). The van der Waals surface area contributed by atoms with Gasteiger partial charge in [0.25, 0.3) is 0 Å². The summed E-state index contributed by atoms with van der Waals surface area (Å²) in [6.45, 7) is 2.80. The molecule has 170 valence electrons. The maximum absolute atomic E-state index is 13.6. The summed E-state index contributed by atoms with van der Waals surface area (Å²) < 4.78 is 19.2. The number of ether oxygens (including phenoxy) is 1. The number of rotatable bonds is 8. The van der Waals surface area contributed by atoms with Crippen molar-refractivity contribution in [1.29, 1.82) is 5.26 Å². The number of nitrogens with one attached hydrogen (secondary N) is 2. The Morgan fingerprint density at radius 2 is 2.09 bits per heavy atom. The molecule has 0 aliphatic rings. The molecule has 0 aliphatic heterocycles. The van der Waals surface area contributed by atoms with Crippen molar-refractivity contribution in [2.24, 2.45) is 0 Å². The molecule has 8 nitrogen and oxygen atoms in total. The smallest absolute Gasteiger partial charge is 0.248 e. The van der Waals surface area contributed by atoms with Gasteiger partial charge in [-0.05, 0) is 45.3 Å². The number of fused-ring (bicyclic) bond motifs is 1. The molecule has 0 saturated carbocycles. The SMILES string of the molecule is CCOc1cc2nnc(C#N)c(Nc3ccc(F)c(Cl)c3)c2cc1NC(=O)C=CCN(C)C. The summed E-state index contributed by atoms with van der Waals surface area (Å²) in [5.74, 6) is -0.484. The van der Waals surface area contributed by atoms with Crippen LogP contribution in [0.5, 0.6) is 5.75 Å². The fourth-order valence-electron chi connectivity index (χ4n) is 2.97. The summed E-state index contributed by atoms with van der Waals surface area (Å²) >= 11 is 5.89. The van der Waals surface area contributed by atoms with Gasteiger partial charge in [0.05, 0.1) is 28.5 Å². The van der Waals surface area contributed by atoms with E-state index in [0.29, 0.717) is 46.9 Å². The highest BCUT2D eigenvalue weighted by molar-refractivity contribution is 6.31. The maximum Gasteiger partial charge on any atom is 0.248 e. The summed E-state index contributed by atoms with van der Waals surface area (Å²) in [7, 11) is 3.80. The molecule has 0 atom stereocenters. The molecule has 2 N–H and O–H groups in total. The summed E-state index contributed by atoms with van der Waals surface area (Å²) in [6, 6.07) is 9.38. The lowest BCUT2D eigenvalue weighted by Gasteiger charge is -2.15. The van der Waals surface area contributed by atoms with Gasteiger partial charge >= 0.3 is 0 Å². The first-order valence-electron chi connectivity index (χ1n) is 10.0. The van der Waals surface area contributed by atoms with E-state index in [1.54, 1.807) is 18.2 Å². The van der Waals surface area contributed by atoms with Gasteiger partial charge in [0.1, 0.15) is 17.6 Å². The number of likely N-dealkylation sites (N-methyl/N-ethyl adjacent to an activating group) is 1. The van der Waals surface area contributed by atoms with Gasteiger partial charge in [0.2, 0.25) is 5.91 Å². The Labute approximate surface area is 195 Å². The lowest BCUT2D eigenvalue weighted by Crippen LogP contribution is -2.13. The predicted molar refractivity (Wildman–Crippen MR) is 126 cm³/mol. The van der Waals surface area contributed by atoms with Crippen molar-refractivity contribution in [3.05, 3.63) is 59.0 Å². The largest absolute Gasteiger partial charge is 0.492 e. The molecule has 1 heterocycles. The van der Waals surface area contributed by atoms with Crippen molar-refractivity contribution in [1.82, 2.24) is 15.1 Å². The number of carbonyl (C=O) groups is 1. The lowest BCUT2D eigenvalue weighted by molar-refractivity contribution is -0.111. The van der Waals surface area contributed by atoms with Crippen LogP contribution in [0.2, 0.25) is 5.02 Å². The van der Waals surface area contributed by atoms with Crippen molar-refractivity contribution in [2.75, 3.05) is 37.9 Å². The van der Waals surface area contributed by atoms with Gasteiger partial charge in [-0.1, -0.05) is 17.7 Å². The Balaban J connectivity index is 2.07. The van der Waals surface area contributed by atoms with E-state index < -0.39 is 5.82 Å². The van der Waals surface area contributed by atoms with Crippen LogP contribution < -0.4 is 15.4 Å². The number of hydrogen-bond acceptors (Lipinski definition) is 7. The molecule has 10 heteroatoms. The van der Waals surface area contributed by atoms with Crippen molar-refractivity contribution >= 4 is 45.5 Å². The molecule has 0 spiro atoms. The highest BCUT2D eigenvalue weighted by Gasteiger charge is 2.16. The normalized spacial score (nSPS) is 11.1. The summed E-state index contributed by atoms with van der Waals surface area (Å²) in [5, 5.41) is 24.0. The van der Waals surface area contributed by atoms with Crippen LogP contribution in [0.15, 0.2) is 42.5 Å². The molecule has 0 radical (unpaired) electrons. The fourth-order valence-corrected chi connectivity index (χ4v) is 3.15. The standard InChI is InChI=1S/C23H22ClFN6O2/c1-4-33-21-12-18-15(11-19(21)28-22(32)6-5-9-31(2)3)23(20(13-26)30-29-18)27-14-7-8-17(25)16(24)10-14/h5-8,10-12H,4,9H2,1-3H3,(H,27,29)(H,28,32). The average Bonchev–Trinajstić information content (AvgIpc) is 2.77.